The lowest BCUT2D eigenvalue weighted by Gasteiger charge is -2.27. The van der Waals surface area contributed by atoms with Crippen LogP contribution < -0.4 is 0 Å². The third-order valence-corrected chi connectivity index (χ3v) is 6.04. The lowest BCUT2D eigenvalue weighted by Crippen LogP contribution is -2.15. The van der Waals surface area contributed by atoms with Gasteiger partial charge in [-0.25, -0.2) is 0 Å². The highest BCUT2D eigenvalue weighted by Crippen LogP contribution is 2.31. The fraction of sp³-hybridized carbons (Fsp3) is 0.926. The van der Waals surface area contributed by atoms with Gasteiger partial charge >= 0.3 is 0 Å². The molecule has 0 heterocycles. The van der Waals surface area contributed by atoms with E-state index in [0.29, 0.717) is 0 Å². The first-order chi connectivity index (χ1) is 13.3. The van der Waals surface area contributed by atoms with Crippen molar-refractivity contribution in [2.75, 3.05) is 0 Å². The highest BCUT2D eigenvalue weighted by atomic mass is 14.2. The average molecular weight is 377 g/mol. The molecule has 1 unspecified atom stereocenters. The average Bonchev–Trinajstić information content (AvgIpc) is 2.67. The molecular weight excluding hydrogens is 324 g/mol. The number of hydrogen-bond donors (Lipinski definition) is 0. The second kappa shape index (κ2) is 21.9. The molecule has 0 radical (unpaired) electrons. The maximum Gasteiger partial charge on any atom is 0.00886 e. The summed E-state index contributed by atoms with van der Waals surface area (Å²) in [6.45, 7) is 9.30. The van der Waals surface area contributed by atoms with Crippen LogP contribution in [0.4, 0.5) is 0 Å². The second-order valence-corrected chi connectivity index (χ2v) is 8.71. The van der Waals surface area contributed by atoms with Gasteiger partial charge < -0.3 is 0 Å². The van der Waals surface area contributed by atoms with Crippen molar-refractivity contribution in [3.05, 3.63) is 0 Å². The molecule has 1 atom stereocenters. The zero-order chi connectivity index (χ0) is 20.0. The van der Waals surface area contributed by atoms with Crippen LogP contribution in [0.2, 0.25) is 0 Å². The van der Waals surface area contributed by atoms with Gasteiger partial charge in [0.15, 0.2) is 0 Å². The Kier molecular flexibility index (Phi) is 21.5. The van der Waals surface area contributed by atoms with E-state index >= 15 is 0 Å². The molecule has 0 amide bonds. The van der Waals surface area contributed by atoms with Gasteiger partial charge in [0.2, 0.25) is 0 Å². The van der Waals surface area contributed by atoms with E-state index in [9.17, 15) is 0 Å². The van der Waals surface area contributed by atoms with Crippen LogP contribution >= 0.6 is 0 Å². The Morgan fingerprint density at radius 1 is 0.407 bits per heavy atom. The standard InChI is InChI=1S/C27H52/c1-5-9-11-12-13-14-15-16-17-18-19-20-21-25-27(24-10-6-2)26(22-7-3)23-8-4/h26-27H,5-10,13-25H2,1-4H3. The quantitative estimate of drug-likeness (QED) is 0.155. The Labute approximate surface area is 173 Å². The summed E-state index contributed by atoms with van der Waals surface area (Å²) in [6, 6.07) is 0. The predicted octanol–water partition coefficient (Wildman–Crippen LogP) is 9.71. The first-order valence-electron chi connectivity index (χ1n) is 12.8. The SMILES string of the molecule is CCCC#CCCCCCCCCCCC(CCCC)C(CCC)CCC. The third kappa shape index (κ3) is 17.4. The van der Waals surface area contributed by atoms with Gasteiger partial charge in [-0.1, -0.05) is 124 Å². The van der Waals surface area contributed by atoms with Gasteiger partial charge in [0.05, 0.1) is 0 Å². The summed E-state index contributed by atoms with van der Waals surface area (Å²) in [5.74, 6) is 8.58. The number of unbranched alkanes of at least 4 members (excludes halogenated alkanes) is 10. The minimum atomic E-state index is 1.01. The van der Waals surface area contributed by atoms with E-state index in [4.69, 9.17) is 0 Å². The van der Waals surface area contributed by atoms with Gasteiger partial charge in [0.1, 0.15) is 0 Å². The molecule has 0 rings (SSSR count). The van der Waals surface area contributed by atoms with Crippen molar-refractivity contribution in [2.24, 2.45) is 11.8 Å². The van der Waals surface area contributed by atoms with Crippen molar-refractivity contribution in [2.45, 2.75) is 150 Å². The fourth-order valence-corrected chi connectivity index (χ4v) is 4.42. The summed E-state index contributed by atoms with van der Waals surface area (Å²) < 4.78 is 0. The molecule has 0 aliphatic rings. The summed E-state index contributed by atoms with van der Waals surface area (Å²) in [4.78, 5) is 0. The molecule has 0 aromatic rings. The minimum absolute atomic E-state index is 1.01. The Morgan fingerprint density at radius 2 is 0.889 bits per heavy atom. The molecule has 27 heavy (non-hydrogen) atoms. The van der Waals surface area contributed by atoms with Crippen LogP contribution in [0.5, 0.6) is 0 Å². The van der Waals surface area contributed by atoms with Crippen LogP contribution in [0.3, 0.4) is 0 Å². The van der Waals surface area contributed by atoms with Gasteiger partial charge in [-0.2, -0.15) is 0 Å². The minimum Gasteiger partial charge on any atom is -0.103 e. The molecule has 0 aliphatic heterocycles. The molecule has 0 saturated carbocycles. The van der Waals surface area contributed by atoms with Crippen LogP contribution in [0.25, 0.3) is 0 Å². The number of rotatable bonds is 19. The van der Waals surface area contributed by atoms with Crippen LogP contribution in [0.1, 0.15) is 150 Å². The van der Waals surface area contributed by atoms with E-state index in [1.807, 2.05) is 0 Å². The van der Waals surface area contributed by atoms with Crippen LogP contribution in [-0.4, -0.2) is 0 Å². The molecule has 0 nitrogen and oxygen atoms in total. The summed E-state index contributed by atoms with van der Waals surface area (Å²) in [6.07, 6.45) is 26.3. The van der Waals surface area contributed by atoms with Crippen molar-refractivity contribution < 1.29 is 0 Å². The molecule has 0 saturated heterocycles. The monoisotopic (exact) mass is 376 g/mol. The van der Waals surface area contributed by atoms with Crippen molar-refractivity contribution in [3.8, 4) is 11.8 Å². The first kappa shape index (κ1) is 26.6. The van der Waals surface area contributed by atoms with Gasteiger partial charge in [0, 0.05) is 12.8 Å². The van der Waals surface area contributed by atoms with Crippen LogP contribution in [0.15, 0.2) is 0 Å². The molecule has 160 valence electrons. The van der Waals surface area contributed by atoms with Gasteiger partial charge in [-0.3, -0.25) is 0 Å². The lowest BCUT2D eigenvalue weighted by molar-refractivity contribution is 0.247. The fourth-order valence-electron chi connectivity index (χ4n) is 4.42. The van der Waals surface area contributed by atoms with Crippen molar-refractivity contribution in [1.82, 2.24) is 0 Å². The topological polar surface area (TPSA) is 0 Å². The highest BCUT2D eigenvalue weighted by molar-refractivity contribution is 4.98. The summed E-state index contributed by atoms with van der Waals surface area (Å²) in [7, 11) is 0. The molecule has 0 N–H and O–H groups in total. The molecule has 0 heteroatoms. The lowest BCUT2D eigenvalue weighted by atomic mass is 9.79. The summed E-state index contributed by atoms with van der Waals surface area (Å²) >= 11 is 0. The van der Waals surface area contributed by atoms with E-state index in [0.717, 1.165) is 24.7 Å². The largest absolute Gasteiger partial charge is 0.103 e. The molecule has 0 aliphatic carbocycles. The zero-order valence-corrected chi connectivity index (χ0v) is 19.6. The Balaban J connectivity index is 3.74. The van der Waals surface area contributed by atoms with Gasteiger partial charge in [0.25, 0.3) is 0 Å². The maximum absolute atomic E-state index is 3.31. The zero-order valence-electron chi connectivity index (χ0n) is 19.6. The Morgan fingerprint density at radius 3 is 1.44 bits per heavy atom. The van der Waals surface area contributed by atoms with Gasteiger partial charge in [-0.05, 0) is 24.7 Å². The normalized spacial score (nSPS) is 12.2. The molecular formula is C27H52. The molecule has 0 bridgehead atoms. The summed E-state index contributed by atoms with van der Waals surface area (Å²) in [5, 5.41) is 0. The second-order valence-electron chi connectivity index (χ2n) is 8.71. The molecule has 0 aromatic carbocycles. The highest BCUT2D eigenvalue weighted by Gasteiger charge is 2.19. The van der Waals surface area contributed by atoms with Crippen molar-refractivity contribution >= 4 is 0 Å². The van der Waals surface area contributed by atoms with E-state index in [1.54, 1.807) is 0 Å². The third-order valence-electron chi connectivity index (χ3n) is 6.04. The van der Waals surface area contributed by atoms with Crippen molar-refractivity contribution in [1.29, 1.82) is 0 Å². The van der Waals surface area contributed by atoms with E-state index in [1.165, 1.54) is 109 Å². The Bertz CT molecular complexity index is 326. The molecule has 0 aromatic heterocycles. The maximum atomic E-state index is 3.31. The smallest absolute Gasteiger partial charge is 0.00886 e. The molecule has 0 fully saturated rings. The summed E-state index contributed by atoms with van der Waals surface area (Å²) in [5.41, 5.74) is 0. The van der Waals surface area contributed by atoms with Gasteiger partial charge in [-0.15, -0.1) is 11.8 Å². The predicted molar refractivity (Wildman–Crippen MR) is 125 cm³/mol. The number of hydrogen-bond acceptors (Lipinski definition) is 0. The van der Waals surface area contributed by atoms with E-state index in [-0.39, 0.29) is 0 Å². The molecule has 0 spiro atoms. The first-order valence-corrected chi connectivity index (χ1v) is 12.8. The van der Waals surface area contributed by atoms with Crippen molar-refractivity contribution in [3.63, 3.8) is 0 Å². The Hall–Kier alpha value is -0.440. The van der Waals surface area contributed by atoms with E-state index < -0.39 is 0 Å². The van der Waals surface area contributed by atoms with Crippen LogP contribution in [-0.2, 0) is 0 Å². The van der Waals surface area contributed by atoms with E-state index in [2.05, 4.69) is 39.5 Å². The van der Waals surface area contributed by atoms with Crippen LogP contribution in [0, 0.1) is 23.7 Å².